The second-order valence-electron chi connectivity index (χ2n) is 7.03. The summed E-state index contributed by atoms with van der Waals surface area (Å²) < 4.78 is 7.99. The lowest BCUT2D eigenvalue weighted by Crippen LogP contribution is -2.30. The van der Waals surface area contributed by atoms with Crippen molar-refractivity contribution in [3.63, 3.8) is 0 Å². The number of halogens is 1. The van der Waals surface area contributed by atoms with Gasteiger partial charge < -0.3 is 4.74 Å². The van der Waals surface area contributed by atoms with Gasteiger partial charge in [-0.25, -0.2) is 0 Å². The maximum absolute atomic E-state index is 6.16. The zero-order valence-electron chi connectivity index (χ0n) is 16.3. The molecule has 152 valence electrons. The van der Waals surface area contributed by atoms with E-state index in [0.717, 1.165) is 42.1 Å². The SMILES string of the molecule is Clc1ccccc1OCCSc1nnc(CN2CCCCC2)n1-c1ccccc1. The van der Waals surface area contributed by atoms with E-state index >= 15 is 0 Å². The van der Waals surface area contributed by atoms with E-state index in [-0.39, 0.29) is 0 Å². The van der Waals surface area contributed by atoms with E-state index in [1.807, 2.05) is 30.3 Å². The molecule has 2 heterocycles. The second-order valence-corrected chi connectivity index (χ2v) is 8.50. The van der Waals surface area contributed by atoms with Gasteiger partial charge in [0.2, 0.25) is 0 Å². The summed E-state index contributed by atoms with van der Waals surface area (Å²) >= 11 is 7.81. The van der Waals surface area contributed by atoms with Crippen molar-refractivity contribution in [2.24, 2.45) is 0 Å². The average Bonchev–Trinajstić information content (AvgIpc) is 3.16. The smallest absolute Gasteiger partial charge is 0.195 e. The third-order valence-corrected chi connectivity index (χ3v) is 6.14. The summed E-state index contributed by atoms with van der Waals surface area (Å²) in [6, 6.07) is 17.9. The van der Waals surface area contributed by atoms with Crippen LogP contribution < -0.4 is 4.74 Å². The molecule has 3 aromatic rings. The van der Waals surface area contributed by atoms with E-state index < -0.39 is 0 Å². The van der Waals surface area contributed by atoms with Crippen molar-refractivity contribution in [2.45, 2.75) is 31.0 Å². The van der Waals surface area contributed by atoms with Gasteiger partial charge >= 0.3 is 0 Å². The van der Waals surface area contributed by atoms with Crippen molar-refractivity contribution in [3.8, 4) is 11.4 Å². The minimum atomic E-state index is 0.553. The summed E-state index contributed by atoms with van der Waals surface area (Å²) in [6.45, 7) is 3.65. The van der Waals surface area contributed by atoms with Crippen molar-refractivity contribution in [1.29, 1.82) is 0 Å². The largest absolute Gasteiger partial charge is 0.491 e. The van der Waals surface area contributed by atoms with Gasteiger partial charge in [0.05, 0.1) is 18.2 Å². The van der Waals surface area contributed by atoms with Crippen LogP contribution in [0.1, 0.15) is 25.1 Å². The predicted octanol–water partition coefficient (Wildman–Crippen LogP) is 5.08. The third kappa shape index (κ3) is 5.32. The molecule has 0 atom stereocenters. The van der Waals surface area contributed by atoms with Crippen LogP contribution in [0.25, 0.3) is 5.69 Å². The van der Waals surface area contributed by atoms with Gasteiger partial charge in [0.15, 0.2) is 11.0 Å². The first-order valence-corrected chi connectivity index (χ1v) is 11.4. The summed E-state index contributed by atoms with van der Waals surface area (Å²) in [7, 11) is 0. The summed E-state index contributed by atoms with van der Waals surface area (Å²) in [5.74, 6) is 2.47. The van der Waals surface area contributed by atoms with Crippen molar-refractivity contribution >= 4 is 23.4 Å². The molecule has 1 saturated heterocycles. The highest BCUT2D eigenvalue weighted by molar-refractivity contribution is 7.99. The number of rotatable bonds is 8. The van der Waals surface area contributed by atoms with Crippen molar-refractivity contribution in [2.75, 3.05) is 25.4 Å². The topological polar surface area (TPSA) is 43.2 Å². The van der Waals surface area contributed by atoms with E-state index in [2.05, 4.69) is 43.9 Å². The third-order valence-electron chi connectivity index (χ3n) is 4.94. The minimum Gasteiger partial charge on any atom is -0.491 e. The van der Waals surface area contributed by atoms with E-state index in [4.69, 9.17) is 16.3 Å². The van der Waals surface area contributed by atoms with Crippen molar-refractivity contribution in [1.82, 2.24) is 19.7 Å². The molecule has 1 aromatic heterocycles. The number of thioether (sulfide) groups is 1. The Kier molecular flexibility index (Phi) is 7.09. The normalized spacial score (nSPS) is 14.8. The van der Waals surface area contributed by atoms with Gasteiger partial charge in [-0.2, -0.15) is 0 Å². The number of piperidine rings is 1. The fourth-order valence-corrected chi connectivity index (χ4v) is 4.47. The molecule has 0 radical (unpaired) electrons. The van der Waals surface area contributed by atoms with Crippen molar-refractivity contribution in [3.05, 3.63) is 65.4 Å². The number of ether oxygens (including phenoxy) is 1. The molecule has 29 heavy (non-hydrogen) atoms. The number of benzene rings is 2. The average molecular weight is 429 g/mol. The molecule has 5 nitrogen and oxygen atoms in total. The molecule has 4 rings (SSSR count). The summed E-state index contributed by atoms with van der Waals surface area (Å²) in [5, 5.41) is 10.5. The fraction of sp³-hybridized carbons (Fsp3) is 0.364. The first-order chi connectivity index (χ1) is 14.3. The summed E-state index contributed by atoms with van der Waals surface area (Å²) in [4.78, 5) is 2.47. The van der Waals surface area contributed by atoms with Crippen LogP contribution in [0.15, 0.2) is 59.8 Å². The molecule has 1 aliphatic rings. The predicted molar refractivity (Wildman–Crippen MR) is 118 cm³/mol. The molecule has 0 amide bonds. The number of likely N-dealkylation sites (tertiary alicyclic amines) is 1. The molecule has 7 heteroatoms. The van der Waals surface area contributed by atoms with E-state index in [0.29, 0.717) is 17.4 Å². The molecule has 1 fully saturated rings. The Morgan fingerprint density at radius 3 is 2.48 bits per heavy atom. The molecule has 0 saturated carbocycles. The molecule has 0 N–H and O–H groups in total. The summed E-state index contributed by atoms with van der Waals surface area (Å²) in [5.41, 5.74) is 1.10. The second kappa shape index (κ2) is 10.1. The Labute approximate surface area is 181 Å². The Bertz CT molecular complexity index is 912. The van der Waals surface area contributed by atoms with Gasteiger partial charge in [-0.05, 0) is 50.2 Å². The van der Waals surface area contributed by atoms with Gasteiger partial charge in [-0.1, -0.05) is 60.1 Å². The monoisotopic (exact) mass is 428 g/mol. The highest BCUT2D eigenvalue weighted by atomic mass is 35.5. The van der Waals surface area contributed by atoms with E-state index in [1.54, 1.807) is 11.8 Å². The van der Waals surface area contributed by atoms with Crippen molar-refractivity contribution < 1.29 is 4.74 Å². The first kappa shape index (κ1) is 20.3. The number of aromatic nitrogens is 3. The molecule has 1 aliphatic heterocycles. The van der Waals surface area contributed by atoms with Crippen LogP contribution in [-0.4, -0.2) is 45.1 Å². The lowest BCUT2D eigenvalue weighted by atomic mass is 10.1. The molecule has 0 spiro atoms. The molecular weight excluding hydrogens is 404 g/mol. The van der Waals surface area contributed by atoms with Crippen LogP contribution in [0, 0.1) is 0 Å². The highest BCUT2D eigenvalue weighted by Gasteiger charge is 2.18. The van der Waals surface area contributed by atoms with Gasteiger partial charge in [0.1, 0.15) is 5.75 Å². The van der Waals surface area contributed by atoms with Gasteiger partial charge in [0, 0.05) is 11.4 Å². The van der Waals surface area contributed by atoms with Crippen LogP contribution in [0.4, 0.5) is 0 Å². The van der Waals surface area contributed by atoms with E-state index in [9.17, 15) is 0 Å². The highest BCUT2D eigenvalue weighted by Crippen LogP contribution is 2.26. The van der Waals surface area contributed by atoms with Crippen LogP contribution in [0.3, 0.4) is 0 Å². The Hall–Kier alpha value is -2.02. The van der Waals surface area contributed by atoms with Gasteiger partial charge in [0.25, 0.3) is 0 Å². The quantitative estimate of drug-likeness (QED) is 0.370. The molecule has 0 aliphatic carbocycles. The lowest BCUT2D eigenvalue weighted by Gasteiger charge is -2.26. The standard InChI is InChI=1S/C22H25ClN4OS/c23-19-11-5-6-12-20(19)28-15-16-29-22-25-24-21(17-26-13-7-2-8-14-26)27(22)18-9-3-1-4-10-18/h1,3-6,9-12H,2,7-8,13-17H2. The minimum absolute atomic E-state index is 0.553. The Morgan fingerprint density at radius 1 is 0.931 bits per heavy atom. The maximum Gasteiger partial charge on any atom is 0.195 e. The number of nitrogens with zero attached hydrogens (tertiary/aromatic N) is 4. The maximum atomic E-state index is 6.16. The lowest BCUT2D eigenvalue weighted by molar-refractivity contribution is 0.214. The number of hydrogen-bond acceptors (Lipinski definition) is 5. The molecule has 2 aromatic carbocycles. The van der Waals surface area contributed by atoms with Gasteiger partial charge in [-0.15, -0.1) is 10.2 Å². The first-order valence-electron chi connectivity index (χ1n) is 10.0. The van der Waals surface area contributed by atoms with Crippen LogP contribution >= 0.6 is 23.4 Å². The van der Waals surface area contributed by atoms with Crippen LogP contribution in [0.5, 0.6) is 5.75 Å². The molecule has 0 bridgehead atoms. The zero-order valence-corrected chi connectivity index (χ0v) is 17.9. The van der Waals surface area contributed by atoms with Crippen LogP contribution in [0.2, 0.25) is 5.02 Å². The van der Waals surface area contributed by atoms with E-state index in [1.165, 1.54) is 19.3 Å². The zero-order chi connectivity index (χ0) is 19.9. The molecular formula is C22H25ClN4OS. The van der Waals surface area contributed by atoms with Crippen LogP contribution in [-0.2, 0) is 6.54 Å². The summed E-state index contributed by atoms with van der Waals surface area (Å²) in [6.07, 6.45) is 3.86. The molecule has 0 unspecified atom stereocenters. The number of para-hydroxylation sites is 2. The Balaban J connectivity index is 1.45. The van der Waals surface area contributed by atoms with Gasteiger partial charge in [-0.3, -0.25) is 9.47 Å². The number of hydrogen-bond donors (Lipinski definition) is 0. The fourth-order valence-electron chi connectivity index (χ4n) is 3.50. The Morgan fingerprint density at radius 2 is 1.69 bits per heavy atom.